The van der Waals surface area contributed by atoms with Crippen molar-refractivity contribution in [3.05, 3.63) is 97.8 Å². The molecule has 1 aromatic heterocycles. The van der Waals surface area contributed by atoms with Gasteiger partial charge in [0.1, 0.15) is 12.4 Å². The number of carbonyl (C=O) groups excluding carboxylic acids is 1. The average Bonchev–Trinajstić information content (AvgIpc) is 3.29. The molecule has 8 nitrogen and oxygen atoms in total. The third-order valence-corrected chi connectivity index (χ3v) is 7.70. The van der Waals surface area contributed by atoms with Crippen LogP contribution < -0.4 is 15.5 Å². The van der Waals surface area contributed by atoms with Gasteiger partial charge < -0.3 is 14.6 Å². The third-order valence-electron chi connectivity index (χ3n) is 5.44. The summed E-state index contributed by atoms with van der Waals surface area (Å²) < 4.78 is 10.0. The maximum absolute atomic E-state index is 12.4. The number of hydrogen-bond acceptors (Lipinski definition) is 7. The third kappa shape index (κ3) is 8.05. The molecule has 0 aliphatic heterocycles. The molecule has 3 aromatic carbocycles. The van der Waals surface area contributed by atoms with E-state index in [0.29, 0.717) is 17.5 Å². The van der Waals surface area contributed by atoms with E-state index in [0.717, 1.165) is 27.1 Å². The van der Waals surface area contributed by atoms with Crippen molar-refractivity contribution >= 4 is 68.1 Å². The van der Waals surface area contributed by atoms with E-state index in [4.69, 9.17) is 4.74 Å². The summed E-state index contributed by atoms with van der Waals surface area (Å²) in [7, 11) is 1.89. The Labute approximate surface area is 247 Å². The van der Waals surface area contributed by atoms with Crippen LogP contribution in [0.25, 0.3) is 0 Å². The van der Waals surface area contributed by atoms with Gasteiger partial charge in [-0.1, -0.05) is 52.0 Å². The van der Waals surface area contributed by atoms with E-state index in [1.807, 2.05) is 91.3 Å². The molecule has 0 bridgehead atoms. The maximum Gasteiger partial charge on any atom is 0.250 e. The second-order valence-corrected chi connectivity index (χ2v) is 11.4. The molecule has 11 heteroatoms. The maximum atomic E-state index is 12.4. The summed E-state index contributed by atoms with van der Waals surface area (Å²) in [4.78, 5) is 12.4. The molecule has 0 aliphatic rings. The number of halogens is 2. The van der Waals surface area contributed by atoms with Crippen LogP contribution in [0.5, 0.6) is 5.75 Å². The molecule has 4 rings (SSSR count). The number of carbonyl (C=O) groups is 1. The van der Waals surface area contributed by atoms with Crippen molar-refractivity contribution in [2.45, 2.75) is 24.7 Å². The Morgan fingerprint density at radius 3 is 2.63 bits per heavy atom. The van der Waals surface area contributed by atoms with E-state index < -0.39 is 0 Å². The first kappa shape index (κ1) is 28.1. The van der Waals surface area contributed by atoms with Crippen molar-refractivity contribution in [2.24, 2.45) is 12.1 Å². The van der Waals surface area contributed by atoms with Crippen LogP contribution in [0.1, 0.15) is 29.9 Å². The van der Waals surface area contributed by atoms with Crippen LogP contribution in [0.15, 0.2) is 87.5 Å². The monoisotopic (exact) mass is 704 g/mol. The highest BCUT2D eigenvalue weighted by Gasteiger charge is 2.16. The van der Waals surface area contributed by atoms with Gasteiger partial charge in [-0.05, 0) is 83.6 Å². The molecule has 0 saturated carbocycles. The molecule has 0 spiro atoms. The van der Waals surface area contributed by atoms with Crippen LogP contribution in [0.2, 0.25) is 0 Å². The minimum Gasteiger partial charge on any atom is -0.488 e. The second-order valence-electron chi connectivity index (χ2n) is 8.31. The lowest BCUT2D eigenvalue weighted by atomic mass is 10.2. The van der Waals surface area contributed by atoms with Crippen LogP contribution in [-0.4, -0.2) is 32.6 Å². The van der Waals surface area contributed by atoms with Gasteiger partial charge in [0.2, 0.25) is 0 Å². The molecular formula is C27H26BrIN6O2S. The molecule has 38 heavy (non-hydrogen) atoms. The molecule has 1 atom stereocenters. The Kier molecular flexibility index (Phi) is 10.2. The van der Waals surface area contributed by atoms with E-state index >= 15 is 0 Å². The minimum atomic E-state index is -0.242. The molecule has 0 radical (unpaired) electrons. The average molecular weight is 705 g/mol. The van der Waals surface area contributed by atoms with Gasteiger partial charge in [0.15, 0.2) is 11.0 Å². The first-order valence-corrected chi connectivity index (χ1v) is 14.6. The number of thioether (sulfide) groups is 1. The first-order chi connectivity index (χ1) is 18.4. The smallest absolute Gasteiger partial charge is 0.250 e. The van der Waals surface area contributed by atoms with Gasteiger partial charge in [0, 0.05) is 26.3 Å². The Hall–Kier alpha value is -2.90. The predicted molar refractivity (Wildman–Crippen MR) is 164 cm³/mol. The lowest BCUT2D eigenvalue weighted by Gasteiger charge is -2.14. The van der Waals surface area contributed by atoms with Gasteiger partial charge in [-0.25, -0.2) is 5.43 Å². The van der Waals surface area contributed by atoms with Crippen LogP contribution in [0, 0.1) is 3.57 Å². The molecule has 196 valence electrons. The molecular weight excluding hydrogens is 679 g/mol. The number of nitrogens with one attached hydrogen (secondary N) is 2. The van der Waals surface area contributed by atoms with Crippen molar-refractivity contribution in [3.8, 4) is 5.75 Å². The van der Waals surface area contributed by atoms with Gasteiger partial charge in [-0.2, -0.15) is 5.10 Å². The van der Waals surface area contributed by atoms with Crippen molar-refractivity contribution in [1.82, 2.24) is 20.2 Å². The fourth-order valence-electron chi connectivity index (χ4n) is 3.49. The zero-order valence-corrected chi connectivity index (χ0v) is 25.3. The molecule has 0 fully saturated rings. The number of hydrogen-bond donors (Lipinski definition) is 2. The van der Waals surface area contributed by atoms with Gasteiger partial charge in [-0.15, -0.1) is 10.2 Å². The Morgan fingerprint density at radius 1 is 1.13 bits per heavy atom. The zero-order chi connectivity index (χ0) is 26.9. The Balaban J connectivity index is 1.27. The van der Waals surface area contributed by atoms with Crippen molar-refractivity contribution in [1.29, 1.82) is 0 Å². The molecule has 4 aromatic rings. The summed E-state index contributed by atoms with van der Waals surface area (Å²) in [6, 6.07) is 23.6. The largest absolute Gasteiger partial charge is 0.488 e. The first-order valence-electron chi connectivity index (χ1n) is 11.7. The molecule has 1 unspecified atom stereocenters. The lowest BCUT2D eigenvalue weighted by Crippen LogP contribution is -2.20. The van der Waals surface area contributed by atoms with Crippen molar-refractivity contribution < 1.29 is 9.53 Å². The molecule has 0 saturated heterocycles. The number of anilines is 1. The number of aromatic nitrogens is 3. The SMILES string of the molecule is CC(Nc1ccc(I)cc1)c1nnc(SCC(=O)N/N=C/c2ccccc2OCc2ccc(Br)cc2)n1C. The number of ether oxygens (including phenoxy) is 1. The van der Waals surface area contributed by atoms with Crippen LogP contribution >= 0.6 is 50.3 Å². The topological polar surface area (TPSA) is 93.4 Å². The van der Waals surface area contributed by atoms with E-state index in [1.165, 1.54) is 15.3 Å². The Bertz CT molecular complexity index is 1400. The highest BCUT2D eigenvalue weighted by molar-refractivity contribution is 14.1. The van der Waals surface area contributed by atoms with Gasteiger partial charge in [0.05, 0.1) is 18.0 Å². The van der Waals surface area contributed by atoms with Crippen LogP contribution in [-0.2, 0) is 18.4 Å². The number of rotatable bonds is 11. The summed E-state index contributed by atoms with van der Waals surface area (Å²) in [5.41, 5.74) is 5.40. The summed E-state index contributed by atoms with van der Waals surface area (Å²) >= 11 is 7.02. The Morgan fingerprint density at radius 2 is 1.87 bits per heavy atom. The standard InChI is InChI=1S/C27H26BrIN6O2S/c1-18(31-23-13-11-22(29)12-14-23)26-33-34-27(35(26)2)38-17-25(36)32-30-15-20-5-3-4-6-24(20)37-16-19-7-9-21(28)10-8-19/h3-15,18,31H,16-17H2,1-2H3,(H,32,36)/b30-15+. The quantitative estimate of drug-likeness (QED) is 0.0839. The molecule has 0 aliphatic carbocycles. The van der Waals surface area contributed by atoms with Crippen molar-refractivity contribution in [3.63, 3.8) is 0 Å². The van der Waals surface area contributed by atoms with Crippen LogP contribution in [0.3, 0.4) is 0 Å². The predicted octanol–water partition coefficient (Wildman–Crippen LogP) is 6.18. The lowest BCUT2D eigenvalue weighted by molar-refractivity contribution is -0.118. The molecule has 2 N–H and O–H groups in total. The normalized spacial score (nSPS) is 11.9. The number of nitrogens with zero attached hydrogens (tertiary/aromatic N) is 4. The van der Waals surface area contributed by atoms with E-state index in [1.54, 1.807) is 6.21 Å². The summed E-state index contributed by atoms with van der Waals surface area (Å²) in [6.45, 7) is 2.46. The summed E-state index contributed by atoms with van der Waals surface area (Å²) in [6.07, 6.45) is 1.58. The molecule has 1 heterocycles. The van der Waals surface area contributed by atoms with Crippen LogP contribution in [0.4, 0.5) is 5.69 Å². The summed E-state index contributed by atoms with van der Waals surface area (Å²) in [5, 5.41) is 16.8. The highest BCUT2D eigenvalue weighted by Crippen LogP contribution is 2.23. The fraction of sp³-hybridized carbons (Fsp3) is 0.185. The second kappa shape index (κ2) is 13.8. The fourth-order valence-corrected chi connectivity index (χ4v) is 4.82. The summed E-state index contributed by atoms with van der Waals surface area (Å²) in [5.74, 6) is 1.38. The van der Waals surface area contributed by atoms with E-state index in [2.05, 4.69) is 64.6 Å². The molecule has 1 amide bonds. The number of benzene rings is 3. The van der Waals surface area contributed by atoms with E-state index in [9.17, 15) is 4.79 Å². The zero-order valence-electron chi connectivity index (χ0n) is 20.8. The number of hydrazone groups is 1. The van der Waals surface area contributed by atoms with Gasteiger partial charge in [0.25, 0.3) is 5.91 Å². The van der Waals surface area contributed by atoms with Crippen molar-refractivity contribution in [2.75, 3.05) is 11.1 Å². The van der Waals surface area contributed by atoms with Gasteiger partial charge >= 0.3 is 0 Å². The minimum absolute atomic E-state index is 0.0496. The number of para-hydroxylation sites is 1. The highest BCUT2D eigenvalue weighted by atomic mass is 127. The number of amides is 1. The van der Waals surface area contributed by atoms with Gasteiger partial charge in [-0.3, -0.25) is 4.79 Å². The van der Waals surface area contributed by atoms with E-state index in [-0.39, 0.29) is 17.7 Å².